The van der Waals surface area contributed by atoms with Crippen LogP contribution in [0, 0.1) is 5.82 Å². The zero-order valence-corrected chi connectivity index (χ0v) is 15.9. The van der Waals surface area contributed by atoms with Crippen LogP contribution >= 0.6 is 15.9 Å². The van der Waals surface area contributed by atoms with Gasteiger partial charge < -0.3 is 19.7 Å². The van der Waals surface area contributed by atoms with Crippen LogP contribution in [0.4, 0.5) is 10.1 Å². The molecule has 5 nitrogen and oxygen atoms in total. The number of halogens is 2. The molecule has 2 aromatic rings. The van der Waals surface area contributed by atoms with Crippen LogP contribution in [0.3, 0.4) is 0 Å². The fraction of sp³-hybridized carbons (Fsp3) is 0.278. The Morgan fingerprint density at radius 2 is 1.92 bits per heavy atom. The van der Waals surface area contributed by atoms with Gasteiger partial charge in [0.15, 0.2) is 6.54 Å². The van der Waals surface area contributed by atoms with E-state index < -0.39 is 0 Å². The third-order valence-corrected chi connectivity index (χ3v) is 4.24. The number of nitrogens with one attached hydrogen (secondary N) is 2. The van der Waals surface area contributed by atoms with Gasteiger partial charge in [0, 0.05) is 5.69 Å². The second-order valence-corrected chi connectivity index (χ2v) is 6.52. The molecule has 0 saturated heterocycles. The van der Waals surface area contributed by atoms with Crippen molar-refractivity contribution in [2.75, 3.05) is 33.1 Å². The van der Waals surface area contributed by atoms with E-state index in [4.69, 9.17) is 9.47 Å². The summed E-state index contributed by atoms with van der Waals surface area (Å²) in [5, 5.41) is 2.70. The summed E-state index contributed by atoms with van der Waals surface area (Å²) in [4.78, 5) is 13.1. The van der Waals surface area contributed by atoms with Gasteiger partial charge in [-0.25, -0.2) is 4.39 Å². The average Bonchev–Trinajstić information content (AvgIpc) is 2.55. The van der Waals surface area contributed by atoms with E-state index in [0.29, 0.717) is 18.0 Å². The predicted molar refractivity (Wildman–Crippen MR) is 97.7 cm³/mol. The number of rotatable bonds is 7. The molecule has 7 heteroatoms. The molecular formula is C18H21BrFN2O3+. The van der Waals surface area contributed by atoms with Crippen LogP contribution in [0.15, 0.2) is 40.9 Å². The summed E-state index contributed by atoms with van der Waals surface area (Å²) in [6, 6.07) is 9.56. The first-order valence-corrected chi connectivity index (χ1v) is 8.49. The van der Waals surface area contributed by atoms with Gasteiger partial charge in [-0.15, -0.1) is 0 Å². The van der Waals surface area contributed by atoms with Gasteiger partial charge in [-0.2, -0.15) is 0 Å². The highest BCUT2D eigenvalue weighted by Gasteiger charge is 2.16. The van der Waals surface area contributed by atoms with E-state index in [-0.39, 0.29) is 18.3 Å². The summed E-state index contributed by atoms with van der Waals surface area (Å²) in [6.07, 6.45) is 0. The number of carbonyl (C=O) groups is 1. The van der Waals surface area contributed by atoms with Gasteiger partial charge in [0.1, 0.15) is 23.9 Å². The second-order valence-electron chi connectivity index (χ2n) is 5.67. The Morgan fingerprint density at radius 1 is 1.20 bits per heavy atom. The fourth-order valence-corrected chi connectivity index (χ4v) is 2.98. The van der Waals surface area contributed by atoms with Crippen molar-refractivity contribution in [2.24, 2.45) is 0 Å². The average molecular weight is 412 g/mol. The van der Waals surface area contributed by atoms with Crippen LogP contribution in [0.1, 0.15) is 5.56 Å². The summed E-state index contributed by atoms with van der Waals surface area (Å²) in [5.74, 6) is 0.849. The number of quaternary nitrogens is 1. The molecule has 1 atom stereocenters. The third-order valence-electron chi connectivity index (χ3n) is 3.62. The molecular weight excluding hydrogens is 391 g/mol. The Hall–Kier alpha value is -2.12. The predicted octanol–water partition coefficient (Wildman–Crippen LogP) is 2.26. The molecule has 0 spiro atoms. The smallest absolute Gasteiger partial charge is 0.279 e. The van der Waals surface area contributed by atoms with Crippen LogP contribution < -0.4 is 19.7 Å². The van der Waals surface area contributed by atoms with E-state index in [1.54, 1.807) is 26.4 Å². The molecule has 0 fully saturated rings. The molecule has 2 rings (SSSR count). The van der Waals surface area contributed by atoms with Gasteiger partial charge in [0.25, 0.3) is 5.91 Å². The minimum Gasteiger partial charge on any atom is -0.496 e. The second kappa shape index (κ2) is 8.82. The molecule has 0 aliphatic rings. The lowest BCUT2D eigenvalue weighted by Crippen LogP contribution is -3.08. The number of hydrogen-bond donors (Lipinski definition) is 2. The first-order chi connectivity index (χ1) is 11.9. The zero-order valence-electron chi connectivity index (χ0n) is 14.4. The van der Waals surface area contributed by atoms with E-state index in [1.165, 1.54) is 12.1 Å². The summed E-state index contributed by atoms with van der Waals surface area (Å²) >= 11 is 3.43. The van der Waals surface area contributed by atoms with E-state index in [0.717, 1.165) is 20.7 Å². The number of hydrogen-bond acceptors (Lipinski definition) is 3. The van der Waals surface area contributed by atoms with Crippen LogP contribution in [-0.2, 0) is 11.3 Å². The van der Waals surface area contributed by atoms with Gasteiger partial charge >= 0.3 is 0 Å². The highest BCUT2D eigenvalue weighted by molar-refractivity contribution is 9.10. The van der Waals surface area contributed by atoms with Crippen molar-refractivity contribution in [1.29, 1.82) is 0 Å². The maximum Gasteiger partial charge on any atom is 0.279 e. The number of anilines is 1. The number of methoxy groups -OCH3 is 2. The molecule has 0 aliphatic heterocycles. The van der Waals surface area contributed by atoms with Crippen LogP contribution in [0.2, 0.25) is 0 Å². The van der Waals surface area contributed by atoms with E-state index in [1.807, 2.05) is 19.2 Å². The van der Waals surface area contributed by atoms with Gasteiger partial charge in [-0.1, -0.05) is 6.07 Å². The largest absolute Gasteiger partial charge is 0.496 e. The van der Waals surface area contributed by atoms with Crippen LogP contribution in [-0.4, -0.2) is 33.7 Å². The molecule has 0 heterocycles. The van der Waals surface area contributed by atoms with Crippen LogP contribution in [0.5, 0.6) is 11.5 Å². The molecule has 1 unspecified atom stereocenters. The van der Waals surface area contributed by atoms with Crippen LogP contribution in [0.25, 0.3) is 0 Å². The standard InChI is InChI=1S/C18H20BrFN2O3/c1-22(11-18(23)21-14-6-4-5-13(20)8-14)10-12-7-17(25-3)15(19)9-16(12)24-2/h4-9H,10-11H2,1-3H3,(H,21,23)/p+1. The highest BCUT2D eigenvalue weighted by Crippen LogP contribution is 2.32. The lowest BCUT2D eigenvalue weighted by molar-refractivity contribution is -0.885. The Bertz CT molecular complexity index is 755. The molecule has 134 valence electrons. The molecule has 2 aromatic carbocycles. The maximum absolute atomic E-state index is 13.2. The Morgan fingerprint density at radius 3 is 2.56 bits per heavy atom. The number of carbonyl (C=O) groups excluding carboxylic acids is 1. The van der Waals surface area contributed by atoms with Crippen molar-refractivity contribution in [3.05, 3.63) is 52.3 Å². The molecule has 2 N–H and O–H groups in total. The highest BCUT2D eigenvalue weighted by atomic mass is 79.9. The summed E-state index contributed by atoms with van der Waals surface area (Å²) in [5.41, 5.74) is 1.37. The number of amides is 1. The van der Waals surface area contributed by atoms with Crippen molar-refractivity contribution in [3.63, 3.8) is 0 Å². The first kappa shape index (κ1) is 19.2. The van der Waals surface area contributed by atoms with Gasteiger partial charge in [-0.05, 0) is 46.3 Å². The van der Waals surface area contributed by atoms with E-state index in [2.05, 4.69) is 21.2 Å². The van der Waals surface area contributed by atoms with Gasteiger partial charge in [0.2, 0.25) is 0 Å². The molecule has 0 aliphatic carbocycles. The molecule has 1 amide bonds. The SMILES string of the molecule is COc1cc(C[NH+](C)CC(=O)Nc2cccc(F)c2)c(OC)cc1Br. The summed E-state index contributed by atoms with van der Waals surface area (Å²) in [7, 11) is 5.10. The van der Waals surface area contributed by atoms with Gasteiger partial charge in [0.05, 0.1) is 31.3 Å². The Balaban J connectivity index is 2.02. The van der Waals surface area contributed by atoms with Crippen molar-refractivity contribution in [1.82, 2.24) is 0 Å². The van der Waals surface area contributed by atoms with Crippen molar-refractivity contribution >= 4 is 27.5 Å². The lowest BCUT2D eigenvalue weighted by atomic mass is 10.1. The van der Waals surface area contributed by atoms with E-state index in [9.17, 15) is 9.18 Å². The topological polar surface area (TPSA) is 52.0 Å². The number of likely N-dealkylation sites (N-methyl/N-ethyl adjacent to an activating group) is 1. The molecule has 0 saturated carbocycles. The Labute approximate surface area is 154 Å². The van der Waals surface area contributed by atoms with Crippen molar-refractivity contribution in [2.45, 2.75) is 6.54 Å². The zero-order chi connectivity index (χ0) is 18.4. The molecule has 0 aromatic heterocycles. The maximum atomic E-state index is 13.2. The first-order valence-electron chi connectivity index (χ1n) is 7.70. The minimum absolute atomic E-state index is 0.189. The molecule has 0 radical (unpaired) electrons. The van der Waals surface area contributed by atoms with Gasteiger partial charge in [-0.3, -0.25) is 4.79 Å². The number of ether oxygens (including phenoxy) is 2. The minimum atomic E-state index is -0.384. The third kappa shape index (κ3) is 5.44. The summed E-state index contributed by atoms with van der Waals surface area (Å²) in [6.45, 7) is 0.807. The normalized spacial score (nSPS) is 11.7. The lowest BCUT2D eigenvalue weighted by Gasteiger charge is -2.17. The van der Waals surface area contributed by atoms with Crippen molar-refractivity contribution < 1.29 is 23.6 Å². The molecule has 0 bridgehead atoms. The fourth-order valence-electron chi connectivity index (χ4n) is 2.49. The van der Waals surface area contributed by atoms with Crippen molar-refractivity contribution in [3.8, 4) is 11.5 Å². The summed E-state index contributed by atoms with van der Waals surface area (Å²) < 4.78 is 24.7. The Kier molecular flexibility index (Phi) is 6.78. The van der Waals surface area contributed by atoms with E-state index >= 15 is 0 Å². The quantitative estimate of drug-likeness (QED) is 0.734. The number of benzene rings is 2. The molecule has 25 heavy (non-hydrogen) atoms. The monoisotopic (exact) mass is 411 g/mol.